The second-order valence-corrected chi connectivity index (χ2v) is 9.88. The second-order valence-electron chi connectivity index (χ2n) is 9.03. The maximum atomic E-state index is 14.0. The number of ether oxygens (including phenoxy) is 1. The normalized spacial score (nSPS) is 24.0. The zero-order valence-electron chi connectivity index (χ0n) is 19.1. The number of amides is 2. The number of benzene rings is 3. The quantitative estimate of drug-likeness (QED) is 0.341. The van der Waals surface area contributed by atoms with Gasteiger partial charge in [0.15, 0.2) is 5.78 Å². The number of carbonyl (C=O) groups excluding carboxylic acids is 3. The Kier molecular flexibility index (Phi) is 5.39. The first-order chi connectivity index (χ1) is 17.4. The molecule has 4 atom stereocenters. The van der Waals surface area contributed by atoms with Gasteiger partial charge in [-0.25, -0.2) is 4.90 Å². The van der Waals surface area contributed by atoms with Gasteiger partial charge in [-0.3, -0.25) is 14.4 Å². The summed E-state index contributed by atoms with van der Waals surface area (Å²) in [5, 5.41) is 0.612. The topological polar surface area (TPSA) is 66.9 Å². The highest BCUT2D eigenvalue weighted by Gasteiger charge is 2.64. The number of carbonyl (C=O) groups is 3. The Labute approximate surface area is 217 Å². The Morgan fingerprint density at radius 3 is 2.36 bits per heavy atom. The summed E-state index contributed by atoms with van der Waals surface area (Å²) >= 11 is 12.5. The van der Waals surface area contributed by atoms with E-state index in [1.807, 2.05) is 41.4 Å². The van der Waals surface area contributed by atoms with Crippen LogP contribution in [0.25, 0.3) is 6.08 Å². The minimum Gasteiger partial charge on any atom is -0.497 e. The highest BCUT2D eigenvalue weighted by Crippen LogP contribution is 2.54. The van der Waals surface area contributed by atoms with Crippen LogP contribution in [-0.2, 0) is 9.59 Å². The fourth-order valence-corrected chi connectivity index (χ4v) is 6.19. The average Bonchev–Trinajstić information content (AvgIpc) is 3.36. The van der Waals surface area contributed by atoms with Crippen molar-refractivity contribution in [3.8, 4) is 5.75 Å². The summed E-state index contributed by atoms with van der Waals surface area (Å²) < 4.78 is 5.22. The molecule has 1 unspecified atom stereocenters. The van der Waals surface area contributed by atoms with Crippen LogP contribution in [0.2, 0.25) is 10.0 Å². The number of nitrogens with zero attached hydrogens (tertiary/aromatic N) is 2. The van der Waals surface area contributed by atoms with E-state index in [0.29, 0.717) is 16.5 Å². The van der Waals surface area contributed by atoms with E-state index in [2.05, 4.69) is 0 Å². The lowest BCUT2D eigenvalue weighted by Crippen LogP contribution is -2.44. The third-order valence-corrected chi connectivity index (χ3v) is 7.81. The first kappa shape index (κ1) is 22.8. The van der Waals surface area contributed by atoms with Crippen LogP contribution < -0.4 is 9.64 Å². The van der Waals surface area contributed by atoms with E-state index in [-0.39, 0.29) is 22.3 Å². The van der Waals surface area contributed by atoms with Crippen molar-refractivity contribution in [1.29, 1.82) is 0 Å². The Morgan fingerprint density at radius 2 is 1.64 bits per heavy atom. The van der Waals surface area contributed by atoms with Crippen LogP contribution in [0.5, 0.6) is 5.75 Å². The van der Waals surface area contributed by atoms with Gasteiger partial charge >= 0.3 is 0 Å². The molecule has 0 radical (unpaired) electrons. The number of fused-ring (bicyclic) bond motifs is 5. The summed E-state index contributed by atoms with van der Waals surface area (Å²) in [4.78, 5) is 44.8. The van der Waals surface area contributed by atoms with Gasteiger partial charge in [-0.1, -0.05) is 47.5 Å². The summed E-state index contributed by atoms with van der Waals surface area (Å²) in [7, 11) is 1.55. The fraction of sp³-hybridized carbons (Fsp3) is 0.179. The molecular formula is C28H20Cl2N2O4. The molecule has 0 bridgehead atoms. The molecule has 2 fully saturated rings. The number of Topliss-reactive ketones (excluding diaryl/α,β-unsaturated/α-hetero) is 1. The van der Waals surface area contributed by atoms with Crippen LogP contribution in [0.15, 0.2) is 72.9 Å². The van der Waals surface area contributed by atoms with Crippen LogP contribution in [0, 0.1) is 11.8 Å². The third kappa shape index (κ3) is 3.29. The third-order valence-electron chi connectivity index (χ3n) is 7.26. The van der Waals surface area contributed by atoms with E-state index in [1.165, 1.54) is 11.0 Å². The molecule has 36 heavy (non-hydrogen) atoms. The van der Waals surface area contributed by atoms with Crippen molar-refractivity contribution in [2.24, 2.45) is 11.8 Å². The van der Waals surface area contributed by atoms with Gasteiger partial charge in [0.1, 0.15) is 11.8 Å². The Bertz CT molecular complexity index is 1450. The molecule has 0 N–H and O–H groups in total. The van der Waals surface area contributed by atoms with Gasteiger partial charge in [0.25, 0.3) is 0 Å². The number of hydrogen-bond acceptors (Lipinski definition) is 5. The summed E-state index contributed by atoms with van der Waals surface area (Å²) in [6.07, 6.45) is 3.73. The standard InChI is InChI=1S/C28H20Cl2N2O4/c1-36-18-9-7-17(8-10-18)32-27(34)22-23(28(32)35)25(26(33)20-11-6-16(29)14-21(20)30)31-13-12-15-4-2-3-5-19(15)24(22)31/h2-14,22-25H,1H3/t22-,23+,24?,25-/m0/s1. The zero-order valence-corrected chi connectivity index (χ0v) is 20.6. The number of halogens is 2. The number of methoxy groups -OCH3 is 1. The lowest BCUT2D eigenvalue weighted by molar-refractivity contribution is -0.123. The van der Waals surface area contributed by atoms with E-state index >= 15 is 0 Å². The average molecular weight is 519 g/mol. The first-order valence-electron chi connectivity index (χ1n) is 11.5. The van der Waals surface area contributed by atoms with Crippen molar-refractivity contribution in [2.45, 2.75) is 12.1 Å². The first-order valence-corrected chi connectivity index (χ1v) is 12.2. The summed E-state index contributed by atoms with van der Waals surface area (Å²) in [6, 6.07) is 17.8. The number of anilines is 1. The number of imide groups is 1. The van der Waals surface area contributed by atoms with Crippen LogP contribution in [0.4, 0.5) is 5.69 Å². The number of ketones is 1. The van der Waals surface area contributed by atoms with Gasteiger partial charge in [-0.05, 0) is 59.7 Å². The van der Waals surface area contributed by atoms with Crippen molar-refractivity contribution < 1.29 is 19.1 Å². The van der Waals surface area contributed by atoms with E-state index in [0.717, 1.165) is 11.1 Å². The maximum absolute atomic E-state index is 14.0. The minimum atomic E-state index is -0.900. The van der Waals surface area contributed by atoms with Crippen molar-refractivity contribution in [1.82, 2.24) is 4.90 Å². The molecule has 3 heterocycles. The SMILES string of the molecule is COc1ccc(N2C(=O)[C@@H]3[C@H](C2=O)C2c4ccccc4C=CN2[C@@H]3C(=O)c2ccc(Cl)cc2Cl)cc1. The van der Waals surface area contributed by atoms with Crippen LogP contribution >= 0.6 is 23.2 Å². The van der Waals surface area contributed by atoms with Gasteiger partial charge in [0.05, 0.1) is 35.7 Å². The summed E-state index contributed by atoms with van der Waals surface area (Å²) in [6.45, 7) is 0. The molecule has 3 aromatic rings. The monoisotopic (exact) mass is 518 g/mol. The molecule has 0 aliphatic carbocycles. The molecule has 3 aromatic carbocycles. The highest BCUT2D eigenvalue weighted by atomic mass is 35.5. The van der Waals surface area contributed by atoms with Crippen LogP contribution in [0.1, 0.15) is 27.5 Å². The molecule has 0 spiro atoms. The van der Waals surface area contributed by atoms with Gasteiger partial charge < -0.3 is 9.64 Å². The molecule has 0 saturated carbocycles. The van der Waals surface area contributed by atoms with Crippen molar-refractivity contribution >= 4 is 52.6 Å². The van der Waals surface area contributed by atoms with Gasteiger partial charge in [0, 0.05) is 16.8 Å². The lowest BCUT2D eigenvalue weighted by atomic mass is 9.83. The van der Waals surface area contributed by atoms with Crippen LogP contribution in [0.3, 0.4) is 0 Å². The van der Waals surface area contributed by atoms with E-state index in [9.17, 15) is 14.4 Å². The Morgan fingerprint density at radius 1 is 0.917 bits per heavy atom. The molecule has 2 saturated heterocycles. The number of rotatable bonds is 4. The fourth-order valence-electron chi connectivity index (χ4n) is 5.69. The smallest absolute Gasteiger partial charge is 0.240 e. The Hall–Kier alpha value is -3.61. The molecule has 8 heteroatoms. The van der Waals surface area contributed by atoms with Crippen molar-refractivity contribution in [2.75, 3.05) is 12.0 Å². The number of hydrogen-bond donors (Lipinski definition) is 0. The summed E-state index contributed by atoms with van der Waals surface area (Å²) in [5.41, 5.74) is 2.58. The molecular weight excluding hydrogens is 499 g/mol. The molecule has 6 rings (SSSR count). The zero-order chi connectivity index (χ0) is 25.1. The predicted octanol–water partition coefficient (Wildman–Crippen LogP) is 5.40. The summed E-state index contributed by atoms with van der Waals surface area (Å²) in [5.74, 6) is -2.05. The molecule has 3 aliphatic heterocycles. The van der Waals surface area contributed by atoms with E-state index < -0.39 is 29.8 Å². The highest BCUT2D eigenvalue weighted by molar-refractivity contribution is 6.37. The second kappa shape index (κ2) is 8.50. The molecule has 3 aliphatic rings. The molecule has 180 valence electrons. The molecule has 2 amide bonds. The van der Waals surface area contributed by atoms with Crippen molar-refractivity contribution in [3.05, 3.63) is 99.7 Å². The van der Waals surface area contributed by atoms with Gasteiger partial charge in [-0.15, -0.1) is 0 Å². The van der Waals surface area contributed by atoms with Gasteiger partial charge in [-0.2, -0.15) is 0 Å². The lowest BCUT2D eigenvalue weighted by Gasteiger charge is -2.35. The predicted molar refractivity (Wildman–Crippen MR) is 137 cm³/mol. The molecule has 0 aromatic heterocycles. The van der Waals surface area contributed by atoms with Crippen LogP contribution in [-0.4, -0.2) is 35.6 Å². The van der Waals surface area contributed by atoms with Crippen molar-refractivity contribution in [3.63, 3.8) is 0 Å². The van der Waals surface area contributed by atoms with E-state index in [1.54, 1.807) is 43.5 Å². The maximum Gasteiger partial charge on any atom is 0.240 e. The Balaban J connectivity index is 1.49. The minimum absolute atomic E-state index is 0.206. The molecule has 6 nitrogen and oxygen atoms in total. The largest absolute Gasteiger partial charge is 0.497 e. The van der Waals surface area contributed by atoms with E-state index in [4.69, 9.17) is 27.9 Å². The van der Waals surface area contributed by atoms with Gasteiger partial charge in [0.2, 0.25) is 11.8 Å².